The van der Waals surface area contributed by atoms with Crippen molar-refractivity contribution in [1.29, 1.82) is 0 Å². The van der Waals surface area contributed by atoms with Crippen LogP contribution in [0, 0.1) is 5.82 Å². The molecule has 0 unspecified atom stereocenters. The van der Waals surface area contributed by atoms with Crippen LogP contribution in [0.5, 0.6) is 0 Å². The van der Waals surface area contributed by atoms with Crippen LogP contribution in [-0.4, -0.2) is 48.5 Å². The molecule has 0 bridgehead atoms. The van der Waals surface area contributed by atoms with Gasteiger partial charge in [-0.25, -0.2) is 4.39 Å². The second-order valence-electron chi connectivity index (χ2n) is 8.36. The number of aromatic nitrogens is 1. The van der Waals surface area contributed by atoms with Gasteiger partial charge in [-0.1, -0.05) is 11.6 Å². The number of hydrogen-bond acceptors (Lipinski definition) is 5. The average Bonchev–Trinajstić information content (AvgIpc) is 3.18. The molecule has 2 aliphatic heterocycles. The zero-order valence-electron chi connectivity index (χ0n) is 17.5. The minimum atomic E-state index is -0.192. The number of fused-ring (bicyclic) bond motifs is 2. The Labute approximate surface area is 181 Å². The molecule has 3 aromatic rings. The number of allylic oxidation sites excluding steroid dienone is 1. The molecule has 2 aromatic carbocycles. The third-order valence-electron chi connectivity index (χ3n) is 6.47. The first-order valence-electron chi connectivity index (χ1n) is 10.6. The molecule has 1 N–H and O–H groups in total. The van der Waals surface area contributed by atoms with Gasteiger partial charge >= 0.3 is 0 Å². The molecule has 6 heteroatoms. The number of nitrogens with zero attached hydrogens (tertiary/aromatic N) is 3. The molecule has 0 amide bonds. The summed E-state index contributed by atoms with van der Waals surface area (Å²) < 4.78 is 19.3. The van der Waals surface area contributed by atoms with E-state index in [0.717, 1.165) is 61.6 Å². The van der Waals surface area contributed by atoms with Crippen LogP contribution < -0.4 is 10.2 Å². The molecule has 30 heavy (non-hydrogen) atoms. The first-order chi connectivity index (χ1) is 14.6. The second kappa shape index (κ2) is 8.00. The predicted octanol–water partition coefficient (Wildman–Crippen LogP) is 5.02. The minimum Gasteiger partial charge on any atom is -0.381 e. The summed E-state index contributed by atoms with van der Waals surface area (Å²) in [6.45, 7) is 10.3. The molecule has 1 saturated heterocycles. The third kappa shape index (κ3) is 3.70. The largest absolute Gasteiger partial charge is 0.381 e. The van der Waals surface area contributed by atoms with Crippen LogP contribution in [0.25, 0.3) is 15.7 Å². The Kier molecular flexibility index (Phi) is 5.21. The lowest BCUT2D eigenvalue weighted by Gasteiger charge is -2.35. The maximum atomic E-state index is 13.7. The minimum absolute atomic E-state index is 0.192. The maximum absolute atomic E-state index is 13.7. The Morgan fingerprint density at radius 1 is 1.07 bits per heavy atom. The summed E-state index contributed by atoms with van der Waals surface area (Å²) in [5.74, 6) is 0.747. The van der Waals surface area contributed by atoms with Gasteiger partial charge in [0.05, 0.1) is 4.70 Å². The lowest BCUT2D eigenvalue weighted by Crippen LogP contribution is -2.47. The molecule has 1 fully saturated rings. The van der Waals surface area contributed by atoms with Crippen molar-refractivity contribution in [1.82, 2.24) is 9.27 Å². The molecule has 0 spiro atoms. The Morgan fingerprint density at radius 2 is 1.90 bits per heavy atom. The monoisotopic (exact) mass is 422 g/mol. The zero-order valence-corrected chi connectivity index (χ0v) is 18.4. The summed E-state index contributed by atoms with van der Waals surface area (Å²) in [5.41, 5.74) is 6.83. The first kappa shape index (κ1) is 19.5. The van der Waals surface area contributed by atoms with Crippen molar-refractivity contribution < 1.29 is 4.39 Å². The molecule has 3 heterocycles. The molecule has 0 aliphatic carbocycles. The van der Waals surface area contributed by atoms with E-state index in [2.05, 4.69) is 51.5 Å². The molecule has 0 radical (unpaired) electrons. The van der Waals surface area contributed by atoms with Crippen LogP contribution in [0.15, 0.2) is 42.0 Å². The number of piperazine rings is 1. The van der Waals surface area contributed by atoms with E-state index in [9.17, 15) is 4.39 Å². The van der Waals surface area contributed by atoms with Gasteiger partial charge in [-0.05, 0) is 73.3 Å². The molecule has 5 rings (SSSR count). The Morgan fingerprint density at radius 3 is 2.73 bits per heavy atom. The van der Waals surface area contributed by atoms with E-state index in [1.165, 1.54) is 45.6 Å². The lowest BCUT2D eigenvalue weighted by atomic mass is 9.94. The van der Waals surface area contributed by atoms with Gasteiger partial charge in [0.2, 0.25) is 0 Å². The van der Waals surface area contributed by atoms with Crippen molar-refractivity contribution in [2.45, 2.75) is 20.3 Å². The third-order valence-corrected chi connectivity index (χ3v) is 7.29. The SMILES string of the molecule is CC1=C(C)c2cc(CCN3CCN(c4nsc5ccc(F)cc45)CC3)ccc2NC1. The predicted molar refractivity (Wildman–Crippen MR) is 125 cm³/mol. The molecular weight excluding hydrogens is 395 g/mol. The van der Waals surface area contributed by atoms with Crippen LogP contribution >= 0.6 is 11.5 Å². The van der Waals surface area contributed by atoms with Crippen LogP contribution in [0.4, 0.5) is 15.9 Å². The highest BCUT2D eigenvalue weighted by atomic mass is 32.1. The summed E-state index contributed by atoms with van der Waals surface area (Å²) in [4.78, 5) is 4.83. The summed E-state index contributed by atoms with van der Waals surface area (Å²) >= 11 is 1.46. The normalized spacial score (nSPS) is 17.4. The van der Waals surface area contributed by atoms with Crippen molar-refractivity contribution in [3.8, 4) is 0 Å². The highest BCUT2D eigenvalue weighted by Gasteiger charge is 2.21. The van der Waals surface area contributed by atoms with Gasteiger partial charge in [0, 0.05) is 55.9 Å². The number of rotatable bonds is 4. The average molecular weight is 423 g/mol. The Balaban J connectivity index is 1.21. The topological polar surface area (TPSA) is 31.4 Å². The van der Waals surface area contributed by atoms with Gasteiger partial charge in [-0.3, -0.25) is 4.90 Å². The van der Waals surface area contributed by atoms with Crippen molar-refractivity contribution >= 4 is 38.7 Å². The molecular formula is C24H27FN4S. The van der Waals surface area contributed by atoms with Crippen molar-refractivity contribution in [3.63, 3.8) is 0 Å². The van der Waals surface area contributed by atoms with E-state index in [-0.39, 0.29) is 5.82 Å². The Hall–Kier alpha value is -2.44. The van der Waals surface area contributed by atoms with Crippen LogP contribution in [0.2, 0.25) is 0 Å². The summed E-state index contributed by atoms with van der Waals surface area (Å²) in [6.07, 6.45) is 1.06. The summed E-state index contributed by atoms with van der Waals surface area (Å²) in [6, 6.07) is 11.8. The molecule has 4 nitrogen and oxygen atoms in total. The summed E-state index contributed by atoms with van der Waals surface area (Å²) in [5, 5.41) is 4.45. The van der Waals surface area contributed by atoms with Crippen molar-refractivity contribution in [3.05, 3.63) is 58.9 Å². The molecule has 0 saturated carbocycles. The first-order valence-corrected chi connectivity index (χ1v) is 11.4. The van der Waals surface area contributed by atoms with Crippen LogP contribution in [0.1, 0.15) is 25.0 Å². The number of benzene rings is 2. The Bertz CT molecular complexity index is 1110. The highest BCUT2D eigenvalue weighted by Crippen LogP contribution is 2.32. The highest BCUT2D eigenvalue weighted by molar-refractivity contribution is 7.13. The molecule has 156 valence electrons. The fourth-order valence-corrected chi connectivity index (χ4v) is 5.17. The van der Waals surface area contributed by atoms with Gasteiger partial charge in [-0.15, -0.1) is 0 Å². The van der Waals surface area contributed by atoms with Gasteiger partial charge in [0.15, 0.2) is 0 Å². The van der Waals surface area contributed by atoms with E-state index in [4.69, 9.17) is 0 Å². The zero-order chi connectivity index (χ0) is 20.7. The smallest absolute Gasteiger partial charge is 0.150 e. The maximum Gasteiger partial charge on any atom is 0.150 e. The number of anilines is 2. The van der Waals surface area contributed by atoms with Gasteiger partial charge < -0.3 is 10.2 Å². The quantitative estimate of drug-likeness (QED) is 0.640. The lowest BCUT2D eigenvalue weighted by molar-refractivity contribution is 0.261. The van der Waals surface area contributed by atoms with Gasteiger partial charge in [-0.2, -0.15) is 4.37 Å². The number of hydrogen-bond donors (Lipinski definition) is 1. The second-order valence-corrected chi connectivity index (χ2v) is 9.17. The molecule has 1 aromatic heterocycles. The number of halogens is 1. The van der Waals surface area contributed by atoms with E-state index < -0.39 is 0 Å². The fourth-order valence-electron chi connectivity index (χ4n) is 4.40. The standard InChI is InChI=1S/C24H27FN4S/c1-16-15-26-22-5-3-18(13-20(22)17(16)2)7-8-28-9-11-29(12-10-28)24-21-14-19(25)4-6-23(21)30-27-24/h3-6,13-14,26H,7-12,15H2,1-2H3. The number of nitrogens with one attached hydrogen (secondary N) is 1. The van der Waals surface area contributed by atoms with Gasteiger partial charge in [0.1, 0.15) is 11.6 Å². The van der Waals surface area contributed by atoms with E-state index >= 15 is 0 Å². The van der Waals surface area contributed by atoms with E-state index in [1.807, 2.05) is 6.07 Å². The van der Waals surface area contributed by atoms with Crippen LogP contribution in [-0.2, 0) is 6.42 Å². The molecule has 2 aliphatic rings. The molecule has 0 atom stereocenters. The van der Waals surface area contributed by atoms with Crippen molar-refractivity contribution in [2.24, 2.45) is 0 Å². The van der Waals surface area contributed by atoms with E-state index in [0.29, 0.717) is 0 Å². The summed E-state index contributed by atoms with van der Waals surface area (Å²) in [7, 11) is 0. The van der Waals surface area contributed by atoms with E-state index in [1.54, 1.807) is 6.07 Å². The van der Waals surface area contributed by atoms with Crippen LogP contribution in [0.3, 0.4) is 0 Å². The van der Waals surface area contributed by atoms with Gasteiger partial charge in [0.25, 0.3) is 0 Å². The fraction of sp³-hybridized carbons (Fsp3) is 0.375. The van der Waals surface area contributed by atoms with Crippen molar-refractivity contribution in [2.75, 3.05) is 49.5 Å².